The first-order valence-electron chi connectivity index (χ1n) is 15.2. The Morgan fingerprint density at radius 3 is 1.79 bits per heavy atom. The molecule has 0 spiro atoms. The molecule has 2 saturated heterocycles. The summed E-state index contributed by atoms with van der Waals surface area (Å²) < 4.78 is 22.8. The first-order valence-corrected chi connectivity index (χ1v) is 15.2. The van der Waals surface area contributed by atoms with Crippen molar-refractivity contribution in [2.45, 2.75) is 116 Å². The molecule has 222 valence electrons. The minimum atomic E-state index is -0.364. The molecule has 2 aliphatic rings. The number of hydrogen-bond donors (Lipinski definition) is 1. The molecule has 0 aliphatic carbocycles. The molecule has 9 nitrogen and oxygen atoms in total. The van der Waals surface area contributed by atoms with E-state index in [0.717, 1.165) is 90.6 Å². The molecular formula is C29H55N3O6. The van der Waals surface area contributed by atoms with Crippen LogP contribution in [0.25, 0.3) is 0 Å². The fraction of sp³-hybridized carbons (Fsp3) is 0.931. The van der Waals surface area contributed by atoms with E-state index < -0.39 is 0 Å². The predicted molar refractivity (Wildman–Crippen MR) is 149 cm³/mol. The highest BCUT2D eigenvalue weighted by molar-refractivity contribution is 5.69. The number of esters is 1. The molecule has 0 aromatic carbocycles. The molecule has 2 rings (SSSR count). The van der Waals surface area contributed by atoms with Gasteiger partial charge >= 0.3 is 12.1 Å². The maximum atomic E-state index is 12.3. The van der Waals surface area contributed by atoms with Gasteiger partial charge in [-0.15, -0.1) is 0 Å². The summed E-state index contributed by atoms with van der Waals surface area (Å²) in [5.41, 5.74) is 0. The lowest BCUT2D eigenvalue weighted by Crippen LogP contribution is -2.36. The minimum absolute atomic E-state index is 0.127. The second-order valence-electron chi connectivity index (χ2n) is 11.0. The monoisotopic (exact) mass is 541 g/mol. The molecule has 6 atom stereocenters. The Labute approximate surface area is 231 Å². The van der Waals surface area contributed by atoms with Gasteiger partial charge in [-0.25, -0.2) is 4.79 Å². The number of nitrogens with one attached hydrogen (secondary N) is 1. The molecule has 2 fully saturated rings. The first-order chi connectivity index (χ1) is 18.4. The van der Waals surface area contributed by atoms with E-state index in [9.17, 15) is 9.59 Å². The van der Waals surface area contributed by atoms with Gasteiger partial charge in [0.15, 0.2) is 0 Å². The maximum absolute atomic E-state index is 12.3. The normalized spacial score (nSPS) is 23.5. The largest absolute Gasteiger partial charge is 0.459 e. The van der Waals surface area contributed by atoms with Gasteiger partial charge in [0.1, 0.15) is 12.2 Å². The van der Waals surface area contributed by atoms with Crippen LogP contribution in [0.15, 0.2) is 0 Å². The standard InChI is InChI=1S/C29H55N3O6/c1-5-7-16-35-22-26(20-31-18-24(31)3)37-28(33)14-12-10-9-11-13-15-30-29(34)38-27(21-32-19-25(32)4)23-36-17-8-6-2/h24-27H,5-23H2,1-4H3,(H,30,34). The van der Waals surface area contributed by atoms with Gasteiger partial charge in [-0.05, 0) is 39.5 Å². The number of nitrogens with zero attached hydrogens (tertiary/aromatic N) is 2. The van der Waals surface area contributed by atoms with Crippen molar-refractivity contribution in [2.75, 3.05) is 59.2 Å². The van der Waals surface area contributed by atoms with Crippen molar-refractivity contribution in [3.8, 4) is 0 Å². The molecule has 1 amide bonds. The van der Waals surface area contributed by atoms with Crippen LogP contribution in [-0.4, -0.2) is 105 Å². The summed E-state index contributed by atoms with van der Waals surface area (Å²) in [5, 5.41) is 2.87. The quantitative estimate of drug-likeness (QED) is 0.109. The number of carbonyl (C=O) groups excluding carboxylic acids is 2. The molecule has 0 saturated carbocycles. The maximum Gasteiger partial charge on any atom is 0.407 e. The Balaban J connectivity index is 1.49. The molecule has 0 radical (unpaired) electrons. The smallest absolute Gasteiger partial charge is 0.407 e. The average Bonchev–Trinajstić information content (AvgIpc) is 3.78. The van der Waals surface area contributed by atoms with E-state index in [4.69, 9.17) is 18.9 Å². The predicted octanol–water partition coefficient (Wildman–Crippen LogP) is 4.38. The number of ether oxygens (including phenoxy) is 4. The summed E-state index contributed by atoms with van der Waals surface area (Å²) in [4.78, 5) is 29.2. The van der Waals surface area contributed by atoms with Crippen LogP contribution < -0.4 is 5.32 Å². The highest BCUT2D eigenvalue weighted by Gasteiger charge is 2.33. The van der Waals surface area contributed by atoms with E-state index in [0.29, 0.717) is 44.9 Å². The zero-order valence-electron chi connectivity index (χ0n) is 24.6. The third kappa shape index (κ3) is 15.9. The van der Waals surface area contributed by atoms with Gasteiger partial charge in [0, 0.05) is 64.4 Å². The molecule has 9 heteroatoms. The fourth-order valence-electron chi connectivity index (χ4n) is 4.34. The van der Waals surface area contributed by atoms with Crippen molar-refractivity contribution in [1.29, 1.82) is 0 Å². The molecule has 0 aromatic rings. The van der Waals surface area contributed by atoms with Crippen LogP contribution in [0.4, 0.5) is 4.79 Å². The minimum Gasteiger partial charge on any atom is -0.459 e. The van der Waals surface area contributed by atoms with Gasteiger partial charge in [0.05, 0.1) is 13.2 Å². The van der Waals surface area contributed by atoms with E-state index in [1.54, 1.807) is 0 Å². The van der Waals surface area contributed by atoms with Crippen molar-refractivity contribution >= 4 is 12.1 Å². The number of alkyl carbamates (subject to hydrolysis) is 1. The molecular weight excluding hydrogens is 486 g/mol. The zero-order chi connectivity index (χ0) is 27.6. The van der Waals surface area contributed by atoms with Crippen LogP contribution >= 0.6 is 0 Å². The van der Waals surface area contributed by atoms with Crippen molar-refractivity contribution in [3.63, 3.8) is 0 Å². The Hall–Kier alpha value is -1.42. The average molecular weight is 542 g/mol. The van der Waals surface area contributed by atoms with Crippen molar-refractivity contribution in [2.24, 2.45) is 0 Å². The highest BCUT2D eigenvalue weighted by Crippen LogP contribution is 2.18. The van der Waals surface area contributed by atoms with Gasteiger partial charge in [-0.1, -0.05) is 46.0 Å². The van der Waals surface area contributed by atoms with E-state index in [1.165, 1.54) is 0 Å². The molecule has 2 aliphatic heterocycles. The third-order valence-corrected chi connectivity index (χ3v) is 7.14. The van der Waals surface area contributed by atoms with Crippen molar-refractivity contribution in [3.05, 3.63) is 0 Å². The second-order valence-corrected chi connectivity index (χ2v) is 11.0. The summed E-state index contributed by atoms with van der Waals surface area (Å²) in [5.74, 6) is -0.127. The molecule has 38 heavy (non-hydrogen) atoms. The van der Waals surface area contributed by atoms with Crippen LogP contribution in [0.1, 0.15) is 91.9 Å². The second kappa shape index (κ2) is 19.6. The van der Waals surface area contributed by atoms with Crippen LogP contribution in [0, 0.1) is 0 Å². The van der Waals surface area contributed by atoms with Crippen LogP contribution in [0.3, 0.4) is 0 Å². The number of amides is 1. The zero-order valence-corrected chi connectivity index (χ0v) is 24.6. The summed E-state index contributed by atoms with van der Waals surface area (Å²) >= 11 is 0. The molecule has 6 unspecified atom stereocenters. The summed E-state index contributed by atoms with van der Waals surface area (Å²) in [6.45, 7) is 15.2. The number of carbonyl (C=O) groups is 2. The van der Waals surface area contributed by atoms with Gasteiger partial charge in [-0.2, -0.15) is 0 Å². The van der Waals surface area contributed by atoms with Crippen molar-refractivity contribution < 1.29 is 28.5 Å². The fourth-order valence-corrected chi connectivity index (χ4v) is 4.34. The molecule has 0 aromatic heterocycles. The topological polar surface area (TPSA) is 89.1 Å². The lowest BCUT2D eigenvalue weighted by atomic mass is 10.1. The van der Waals surface area contributed by atoms with Crippen molar-refractivity contribution in [1.82, 2.24) is 15.1 Å². The first kappa shape index (κ1) is 32.8. The van der Waals surface area contributed by atoms with Gasteiger partial charge in [0.2, 0.25) is 0 Å². The van der Waals surface area contributed by atoms with Crippen LogP contribution in [-0.2, 0) is 23.7 Å². The Kier molecular flexibility index (Phi) is 16.9. The Bertz CT molecular complexity index is 598. The summed E-state index contributed by atoms with van der Waals surface area (Å²) in [7, 11) is 0. The number of hydrogen-bond acceptors (Lipinski definition) is 8. The molecule has 0 bridgehead atoms. The molecule has 1 N–H and O–H groups in total. The van der Waals surface area contributed by atoms with E-state index in [-0.39, 0.29) is 24.3 Å². The van der Waals surface area contributed by atoms with Crippen LogP contribution in [0.5, 0.6) is 0 Å². The van der Waals surface area contributed by atoms with Gasteiger partial charge in [-0.3, -0.25) is 14.6 Å². The van der Waals surface area contributed by atoms with Crippen LogP contribution in [0.2, 0.25) is 0 Å². The highest BCUT2D eigenvalue weighted by atomic mass is 16.6. The van der Waals surface area contributed by atoms with Gasteiger partial charge < -0.3 is 24.3 Å². The summed E-state index contributed by atoms with van der Waals surface area (Å²) in [6, 6.07) is 1.15. The lowest BCUT2D eigenvalue weighted by Gasteiger charge is -2.19. The third-order valence-electron chi connectivity index (χ3n) is 7.14. The number of rotatable bonds is 24. The molecule has 2 heterocycles. The number of unbranched alkanes of at least 4 members (excludes halogenated alkanes) is 6. The Morgan fingerprint density at radius 1 is 0.763 bits per heavy atom. The summed E-state index contributed by atoms with van der Waals surface area (Å²) in [6.07, 6.45) is 8.64. The lowest BCUT2D eigenvalue weighted by molar-refractivity contribution is -0.152. The Morgan fingerprint density at radius 2 is 1.26 bits per heavy atom. The van der Waals surface area contributed by atoms with Gasteiger partial charge in [0.25, 0.3) is 0 Å². The van der Waals surface area contributed by atoms with E-state index in [1.807, 2.05) is 0 Å². The van der Waals surface area contributed by atoms with E-state index >= 15 is 0 Å². The SMILES string of the molecule is CCCCOCC(CN1CC1C)OC(=O)CCCCCCCNC(=O)OC(COCCCC)CN1CC1C. The van der Waals surface area contributed by atoms with E-state index in [2.05, 4.69) is 42.8 Å².